The molecule has 0 radical (unpaired) electrons. The Morgan fingerprint density at radius 1 is 1.23 bits per heavy atom. The molecule has 0 aliphatic rings. The quantitative estimate of drug-likeness (QED) is 0.721. The Bertz CT molecular complexity index is 999. The van der Waals surface area contributed by atoms with Crippen molar-refractivity contribution in [3.05, 3.63) is 53.2 Å². The number of aryl methyl sites for hydroxylation is 2. The first-order valence-corrected chi connectivity index (χ1v) is 7.85. The van der Waals surface area contributed by atoms with Gasteiger partial charge in [-0.3, -0.25) is 9.78 Å². The molecule has 134 valence electrons. The minimum Gasteiger partial charge on any atom is -0.449 e. The van der Waals surface area contributed by atoms with Crippen molar-refractivity contribution in [2.24, 2.45) is 0 Å². The summed E-state index contributed by atoms with van der Waals surface area (Å²) in [5, 5.41) is 6.73. The van der Waals surface area contributed by atoms with Crippen molar-refractivity contribution in [1.29, 1.82) is 0 Å². The van der Waals surface area contributed by atoms with E-state index in [2.05, 4.69) is 15.5 Å². The first kappa shape index (κ1) is 17.5. The van der Waals surface area contributed by atoms with Crippen LogP contribution >= 0.6 is 0 Å². The number of nitrogens with zero attached hydrogens (tertiary/aromatic N) is 2. The lowest BCUT2D eigenvalue weighted by Crippen LogP contribution is -2.30. The number of pyridine rings is 1. The van der Waals surface area contributed by atoms with Crippen LogP contribution in [0.2, 0.25) is 0 Å². The van der Waals surface area contributed by atoms with E-state index in [0.29, 0.717) is 22.4 Å². The molecule has 0 aliphatic heterocycles. The molecule has 1 atom stereocenters. The van der Waals surface area contributed by atoms with Gasteiger partial charge < -0.3 is 14.6 Å². The van der Waals surface area contributed by atoms with E-state index < -0.39 is 23.8 Å². The maximum absolute atomic E-state index is 13.3. The number of anilines is 1. The molecule has 0 saturated carbocycles. The molecule has 8 heteroatoms. The van der Waals surface area contributed by atoms with Crippen LogP contribution in [0.4, 0.5) is 10.2 Å². The Labute approximate surface area is 148 Å². The normalized spacial score (nSPS) is 12.0. The summed E-state index contributed by atoms with van der Waals surface area (Å²) in [4.78, 5) is 28.7. The van der Waals surface area contributed by atoms with Crippen LogP contribution in [0.1, 0.15) is 28.7 Å². The lowest BCUT2D eigenvalue weighted by Gasteiger charge is -2.13. The third-order valence-corrected chi connectivity index (χ3v) is 3.72. The second-order valence-corrected chi connectivity index (χ2v) is 5.82. The van der Waals surface area contributed by atoms with Gasteiger partial charge in [-0.15, -0.1) is 0 Å². The Morgan fingerprint density at radius 2 is 2.00 bits per heavy atom. The van der Waals surface area contributed by atoms with E-state index in [1.54, 1.807) is 26.0 Å². The van der Waals surface area contributed by atoms with E-state index in [4.69, 9.17) is 9.26 Å². The Morgan fingerprint density at radius 3 is 2.69 bits per heavy atom. The summed E-state index contributed by atoms with van der Waals surface area (Å²) >= 11 is 0. The Hall–Kier alpha value is -3.29. The number of hydrogen-bond acceptors (Lipinski definition) is 6. The third kappa shape index (κ3) is 3.69. The maximum Gasteiger partial charge on any atom is 0.340 e. The van der Waals surface area contributed by atoms with Gasteiger partial charge in [-0.05, 0) is 39.0 Å². The van der Waals surface area contributed by atoms with Gasteiger partial charge in [0, 0.05) is 17.5 Å². The van der Waals surface area contributed by atoms with Crippen LogP contribution < -0.4 is 5.32 Å². The second-order valence-electron chi connectivity index (χ2n) is 5.82. The summed E-state index contributed by atoms with van der Waals surface area (Å²) in [6.45, 7) is 4.75. The molecule has 0 fully saturated rings. The summed E-state index contributed by atoms with van der Waals surface area (Å²) in [5.41, 5.74) is 1.03. The number of ether oxygens (including phenoxy) is 1. The van der Waals surface area contributed by atoms with Gasteiger partial charge >= 0.3 is 5.97 Å². The molecule has 26 heavy (non-hydrogen) atoms. The molecule has 2 heterocycles. The van der Waals surface area contributed by atoms with Crippen molar-refractivity contribution in [2.45, 2.75) is 26.9 Å². The highest BCUT2D eigenvalue weighted by Gasteiger charge is 2.22. The molecule has 0 aliphatic carbocycles. The molecule has 0 saturated heterocycles. The molecule has 3 rings (SSSR count). The van der Waals surface area contributed by atoms with Crippen LogP contribution in [-0.2, 0) is 9.53 Å². The predicted molar refractivity (Wildman–Crippen MR) is 91.2 cm³/mol. The van der Waals surface area contributed by atoms with Crippen molar-refractivity contribution in [2.75, 3.05) is 5.32 Å². The predicted octanol–water partition coefficient (Wildman–Crippen LogP) is 3.16. The van der Waals surface area contributed by atoms with E-state index in [-0.39, 0.29) is 11.4 Å². The van der Waals surface area contributed by atoms with E-state index in [1.165, 1.54) is 25.1 Å². The summed E-state index contributed by atoms with van der Waals surface area (Å²) < 4.78 is 23.3. The van der Waals surface area contributed by atoms with Gasteiger partial charge in [-0.1, -0.05) is 5.16 Å². The molecule has 0 spiro atoms. The van der Waals surface area contributed by atoms with Crippen molar-refractivity contribution in [3.63, 3.8) is 0 Å². The zero-order chi connectivity index (χ0) is 18.8. The van der Waals surface area contributed by atoms with Gasteiger partial charge in [0.25, 0.3) is 5.91 Å². The van der Waals surface area contributed by atoms with Crippen LogP contribution in [0.15, 0.2) is 34.9 Å². The number of fused-ring (bicyclic) bond motifs is 1. The Balaban J connectivity index is 1.74. The van der Waals surface area contributed by atoms with Gasteiger partial charge in [-0.25, -0.2) is 9.18 Å². The van der Waals surface area contributed by atoms with Crippen molar-refractivity contribution in [1.82, 2.24) is 10.1 Å². The Kier molecular flexibility index (Phi) is 4.66. The maximum atomic E-state index is 13.3. The molecule has 1 N–H and O–H groups in total. The molecule has 1 amide bonds. The van der Waals surface area contributed by atoms with E-state index >= 15 is 0 Å². The average molecular weight is 357 g/mol. The van der Waals surface area contributed by atoms with Gasteiger partial charge in [0.2, 0.25) is 0 Å². The van der Waals surface area contributed by atoms with Gasteiger partial charge in [0.05, 0.1) is 16.8 Å². The van der Waals surface area contributed by atoms with Crippen LogP contribution in [0, 0.1) is 19.7 Å². The monoisotopic (exact) mass is 357 g/mol. The van der Waals surface area contributed by atoms with Crippen LogP contribution in [-0.4, -0.2) is 28.1 Å². The van der Waals surface area contributed by atoms with Gasteiger partial charge in [0.15, 0.2) is 11.9 Å². The molecule has 0 bridgehead atoms. The summed E-state index contributed by atoms with van der Waals surface area (Å²) in [6, 6.07) is 7.20. The number of amides is 1. The van der Waals surface area contributed by atoms with E-state index in [9.17, 15) is 14.0 Å². The topological polar surface area (TPSA) is 94.3 Å². The second kappa shape index (κ2) is 6.91. The van der Waals surface area contributed by atoms with Crippen molar-refractivity contribution >= 4 is 28.6 Å². The first-order chi connectivity index (χ1) is 12.3. The van der Waals surface area contributed by atoms with Gasteiger partial charge in [0.1, 0.15) is 11.6 Å². The van der Waals surface area contributed by atoms with Gasteiger partial charge in [-0.2, -0.15) is 0 Å². The standard InChI is InChI=1S/C18H16FN3O4/c1-9-6-16(22-26-9)21-17(23)11(3)25-18(24)14-7-12-4-5-13(19)8-15(12)20-10(14)2/h4-8,11H,1-3H3,(H,21,22,23)/t11-/m1/s1. The summed E-state index contributed by atoms with van der Waals surface area (Å²) in [7, 11) is 0. The number of esters is 1. The smallest absolute Gasteiger partial charge is 0.340 e. The molecule has 2 aromatic heterocycles. The molecular formula is C18H16FN3O4. The van der Waals surface area contributed by atoms with Crippen molar-refractivity contribution in [3.8, 4) is 0 Å². The fraction of sp³-hybridized carbons (Fsp3) is 0.222. The fourth-order valence-electron chi connectivity index (χ4n) is 2.37. The number of halogens is 1. The number of hydrogen-bond donors (Lipinski definition) is 1. The highest BCUT2D eigenvalue weighted by molar-refractivity contribution is 5.98. The number of carbonyl (C=O) groups is 2. The van der Waals surface area contributed by atoms with E-state index in [1.807, 2.05) is 0 Å². The van der Waals surface area contributed by atoms with E-state index in [0.717, 1.165) is 0 Å². The minimum atomic E-state index is -1.05. The largest absolute Gasteiger partial charge is 0.449 e. The number of benzene rings is 1. The first-order valence-electron chi connectivity index (χ1n) is 7.85. The summed E-state index contributed by atoms with van der Waals surface area (Å²) in [5.74, 6) is -0.867. The molecule has 7 nitrogen and oxygen atoms in total. The third-order valence-electron chi connectivity index (χ3n) is 3.72. The van der Waals surface area contributed by atoms with Crippen LogP contribution in [0.25, 0.3) is 10.9 Å². The zero-order valence-electron chi connectivity index (χ0n) is 14.4. The number of carbonyl (C=O) groups excluding carboxylic acids is 2. The SMILES string of the molecule is Cc1cc(NC(=O)[C@@H](C)OC(=O)c2cc3ccc(F)cc3nc2C)no1. The van der Waals surface area contributed by atoms with Crippen LogP contribution in [0.5, 0.6) is 0 Å². The minimum absolute atomic E-state index is 0.209. The molecular weight excluding hydrogens is 341 g/mol. The lowest BCUT2D eigenvalue weighted by atomic mass is 10.1. The molecule has 1 aromatic carbocycles. The molecule has 3 aromatic rings. The van der Waals surface area contributed by atoms with Crippen molar-refractivity contribution < 1.29 is 23.2 Å². The zero-order valence-corrected chi connectivity index (χ0v) is 14.4. The molecule has 0 unspecified atom stereocenters. The number of rotatable bonds is 4. The lowest BCUT2D eigenvalue weighted by molar-refractivity contribution is -0.123. The average Bonchev–Trinajstić information content (AvgIpc) is 2.98. The highest BCUT2D eigenvalue weighted by atomic mass is 19.1. The number of nitrogens with one attached hydrogen (secondary N) is 1. The number of aromatic nitrogens is 2. The fourth-order valence-corrected chi connectivity index (χ4v) is 2.37. The van der Waals surface area contributed by atoms with Crippen LogP contribution in [0.3, 0.4) is 0 Å². The highest BCUT2D eigenvalue weighted by Crippen LogP contribution is 2.19. The summed E-state index contributed by atoms with van der Waals surface area (Å²) in [6.07, 6.45) is -1.05.